The fraction of sp³-hybridized carbons (Fsp3) is 0.188. The maximum atomic E-state index is 11.6. The molecule has 1 aliphatic heterocycles. The van der Waals surface area contributed by atoms with Crippen LogP contribution >= 0.6 is 11.6 Å². The van der Waals surface area contributed by atoms with Crippen LogP contribution in [0.3, 0.4) is 0 Å². The van der Waals surface area contributed by atoms with Gasteiger partial charge in [0.25, 0.3) is 0 Å². The monoisotopic (exact) mass is 302 g/mol. The molecule has 1 amide bonds. The molecule has 1 atom stereocenters. The molecule has 3 N–H and O–H groups in total. The summed E-state index contributed by atoms with van der Waals surface area (Å²) in [6.07, 6.45) is 0.335. The van der Waals surface area contributed by atoms with Gasteiger partial charge in [-0.1, -0.05) is 29.8 Å². The van der Waals surface area contributed by atoms with Crippen LogP contribution in [-0.2, 0) is 11.2 Å². The summed E-state index contributed by atoms with van der Waals surface area (Å²) in [4.78, 5) is 11.6. The summed E-state index contributed by atoms with van der Waals surface area (Å²) in [5.74, 6) is 0.670. The fourth-order valence-electron chi connectivity index (χ4n) is 2.67. The molecule has 0 spiro atoms. The number of hydrogen-bond acceptors (Lipinski definition) is 3. The quantitative estimate of drug-likeness (QED) is 0.916. The molecule has 0 fully saturated rings. The second-order valence-corrected chi connectivity index (χ2v) is 5.41. The lowest BCUT2D eigenvalue weighted by Crippen LogP contribution is -2.15. The Hall–Kier alpha value is -2.04. The Bertz CT molecular complexity index is 715. The molecule has 0 saturated carbocycles. The van der Waals surface area contributed by atoms with E-state index < -0.39 is 6.04 Å². The third kappa shape index (κ3) is 2.48. The van der Waals surface area contributed by atoms with Gasteiger partial charge < -0.3 is 15.8 Å². The van der Waals surface area contributed by atoms with Gasteiger partial charge in [-0.25, -0.2) is 0 Å². The second-order valence-electron chi connectivity index (χ2n) is 4.97. The van der Waals surface area contributed by atoms with Crippen molar-refractivity contribution in [1.82, 2.24) is 0 Å². The van der Waals surface area contributed by atoms with Gasteiger partial charge in [0.15, 0.2) is 0 Å². The molecule has 2 aromatic carbocycles. The Kier molecular flexibility index (Phi) is 3.57. The number of nitrogens with two attached hydrogens (primary N) is 1. The van der Waals surface area contributed by atoms with Gasteiger partial charge in [-0.3, -0.25) is 4.79 Å². The van der Waals surface area contributed by atoms with Gasteiger partial charge in [0.2, 0.25) is 5.91 Å². The molecule has 0 saturated heterocycles. The maximum Gasteiger partial charge on any atom is 0.228 e. The minimum Gasteiger partial charge on any atom is -0.496 e. The van der Waals surface area contributed by atoms with Crippen LogP contribution in [-0.4, -0.2) is 13.0 Å². The number of anilines is 1. The van der Waals surface area contributed by atoms with Crippen molar-refractivity contribution in [3.05, 3.63) is 58.1 Å². The van der Waals surface area contributed by atoms with Crippen molar-refractivity contribution in [2.24, 2.45) is 5.73 Å². The number of carbonyl (C=O) groups is 1. The van der Waals surface area contributed by atoms with Crippen LogP contribution in [0.4, 0.5) is 5.69 Å². The van der Waals surface area contributed by atoms with Crippen molar-refractivity contribution >= 4 is 23.2 Å². The van der Waals surface area contributed by atoms with Gasteiger partial charge in [0.1, 0.15) is 5.75 Å². The molecule has 0 radical (unpaired) electrons. The molecular formula is C16H15ClN2O2. The molecule has 0 aromatic heterocycles. The molecule has 108 valence electrons. The summed E-state index contributed by atoms with van der Waals surface area (Å²) < 4.78 is 5.36. The molecule has 5 heteroatoms. The number of hydrogen-bond donors (Lipinski definition) is 2. The average Bonchev–Trinajstić information content (AvgIpc) is 2.85. The zero-order valence-corrected chi connectivity index (χ0v) is 12.3. The maximum absolute atomic E-state index is 11.6. The van der Waals surface area contributed by atoms with E-state index in [4.69, 9.17) is 22.1 Å². The highest BCUT2D eigenvalue weighted by molar-refractivity contribution is 6.31. The number of fused-ring (bicyclic) bond motifs is 1. The highest BCUT2D eigenvalue weighted by Crippen LogP contribution is 2.38. The summed E-state index contributed by atoms with van der Waals surface area (Å²) in [6.45, 7) is 0. The van der Waals surface area contributed by atoms with E-state index in [9.17, 15) is 4.79 Å². The van der Waals surface area contributed by atoms with Gasteiger partial charge in [0, 0.05) is 16.3 Å². The summed E-state index contributed by atoms with van der Waals surface area (Å²) in [5.41, 5.74) is 9.69. The standard InChI is InChI=1S/C16H15ClN2O2/c1-21-13-5-3-2-4-11(13)15(18)12-8-10(17)6-9-7-14(20)19-16(9)12/h2-6,8,15H,7,18H2,1H3,(H,19,20). The lowest BCUT2D eigenvalue weighted by Gasteiger charge is -2.19. The number of nitrogens with one attached hydrogen (secondary N) is 1. The topological polar surface area (TPSA) is 64.3 Å². The van der Waals surface area contributed by atoms with E-state index in [0.29, 0.717) is 17.2 Å². The Morgan fingerprint density at radius 1 is 1.29 bits per heavy atom. The van der Waals surface area contributed by atoms with Gasteiger partial charge in [0.05, 0.1) is 19.6 Å². The number of methoxy groups -OCH3 is 1. The van der Waals surface area contributed by atoms with Crippen molar-refractivity contribution in [2.75, 3.05) is 12.4 Å². The van der Waals surface area contributed by atoms with Gasteiger partial charge in [-0.05, 0) is 29.3 Å². The van der Waals surface area contributed by atoms with Gasteiger partial charge >= 0.3 is 0 Å². The Morgan fingerprint density at radius 3 is 2.81 bits per heavy atom. The first-order valence-corrected chi connectivity index (χ1v) is 6.98. The first-order chi connectivity index (χ1) is 10.1. The summed E-state index contributed by atoms with van der Waals surface area (Å²) in [5, 5.41) is 3.44. The van der Waals surface area contributed by atoms with Crippen LogP contribution in [0, 0.1) is 0 Å². The van der Waals surface area contributed by atoms with Crippen molar-refractivity contribution in [1.29, 1.82) is 0 Å². The van der Waals surface area contributed by atoms with Crippen molar-refractivity contribution in [2.45, 2.75) is 12.5 Å². The minimum absolute atomic E-state index is 0.0410. The zero-order chi connectivity index (χ0) is 15.0. The molecule has 2 aromatic rings. The third-order valence-corrected chi connectivity index (χ3v) is 3.86. The predicted molar refractivity (Wildman–Crippen MR) is 82.8 cm³/mol. The number of ether oxygens (including phenoxy) is 1. The molecular weight excluding hydrogens is 288 g/mol. The number of benzene rings is 2. The molecule has 4 nitrogen and oxygen atoms in total. The Morgan fingerprint density at radius 2 is 2.05 bits per heavy atom. The van der Waals surface area contributed by atoms with E-state index >= 15 is 0 Å². The van der Waals surface area contributed by atoms with Crippen molar-refractivity contribution in [3.8, 4) is 5.75 Å². The summed E-state index contributed by atoms with van der Waals surface area (Å²) in [6, 6.07) is 10.7. The van der Waals surface area contributed by atoms with E-state index in [1.807, 2.05) is 24.3 Å². The number of para-hydroxylation sites is 1. The second kappa shape index (κ2) is 5.39. The van der Waals surface area contributed by atoms with Crippen LogP contribution in [0.1, 0.15) is 22.7 Å². The lowest BCUT2D eigenvalue weighted by atomic mass is 9.95. The first-order valence-electron chi connectivity index (χ1n) is 6.61. The fourth-order valence-corrected chi connectivity index (χ4v) is 2.92. The first kappa shape index (κ1) is 13.9. The summed E-state index contributed by atoms with van der Waals surface area (Å²) >= 11 is 6.16. The number of carbonyl (C=O) groups excluding carboxylic acids is 1. The predicted octanol–water partition coefficient (Wildman–Crippen LogP) is 2.89. The minimum atomic E-state index is -0.424. The van der Waals surface area contributed by atoms with Gasteiger partial charge in [-0.15, -0.1) is 0 Å². The molecule has 3 rings (SSSR count). The molecule has 0 bridgehead atoms. The van der Waals surface area contributed by atoms with E-state index in [-0.39, 0.29) is 5.91 Å². The van der Waals surface area contributed by atoms with E-state index in [1.54, 1.807) is 19.2 Å². The highest BCUT2D eigenvalue weighted by atomic mass is 35.5. The van der Waals surface area contributed by atoms with Crippen LogP contribution in [0.15, 0.2) is 36.4 Å². The Labute approximate surface area is 127 Å². The lowest BCUT2D eigenvalue weighted by molar-refractivity contribution is -0.115. The van der Waals surface area contributed by atoms with Crippen LogP contribution < -0.4 is 15.8 Å². The van der Waals surface area contributed by atoms with E-state index in [2.05, 4.69) is 5.32 Å². The molecule has 1 unspecified atom stereocenters. The molecule has 21 heavy (non-hydrogen) atoms. The number of halogens is 1. The van der Waals surface area contributed by atoms with Crippen molar-refractivity contribution in [3.63, 3.8) is 0 Å². The smallest absolute Gasteiger partial charge is 0.228 e. The largest absolute Gasteiger partial charge is 0.496 e. The molecule has 1 aliphatic rings. The number of amides is 1. The van der Waals surface area contributed by atoms with Crippen LogP contribution in [0.5, 0.6) is 5.75 Å². The van der Waals surface area contributed by atoms with Crippen LogP contribution in [0.25, 0.3) is 0 Å². The third-order valence-electron chi connectivity index (χ3n) is 3.64. The average molecular weight is 303 g/mol. The normalized spacial score (nSPS) is 14.5. The summed E-state index contributed by atoms with van der Waals surface area (Å²) in [7, 11) is 1.61. The van der Waals surface area contributed by atoms with Crippen LogP contribution in [0.2, 0.25) is 5.02 Å². The Balaban J connectivity index is 2.11. The van der Waals surface area contributed by atoms with Crippen molar-refractivity contribution < 1.29 is 9.53 Å². The van der Waals surface area contributed by atoms with Gasteiger partial charge in [-0.2, -0.15) is 0 Å². The highest BCUT2D eigenvalue weighted by Gasteiger charge is 2.25. The number of rotatable bonds is 3. The zero-order valence-electron chi connectivity index (χ0n) is 11.5. The molecule has 0 aliphatic carbocycles. The van der Waals surface area contributed by atoms with E-state index in [0.717, 1.165) is 22.4 Å². The molecule has 1 heterocycles. The van der Waals surface area contributed by atoms with E-state index in [1.165, 1.54) is 0 Å². The SMILES string of the molecule is COc1ccccc1C(N)c1cc(Cl)cc2c1NC(=O)C2.